The number of fused-ring (bicyclic) bond motifs is 6. The van der Waals surface area contributed by atoms with Crippen LogP contribution < -0.4 is 5.43 Å². The molecule has 6 rings (SSSR count). The van der Waals surface area contributed by atoms with Crippen LogP contribution in [-0.4, -0.2) is 19.7 Å². The lowest BCUT2D eigenvalue weighted by Gasteiger charge is -2.06. The molecule has 6 nitrogen and oxygen atoms in total. The Kier molecular flexibility index (Phi) is 3.14. The third-order valence-electron chi connectivity index (χ3n) is 5.25. The average molecular weight is 378 g/mol. The van der Waals surface area contributed by atoms with Gasteiger partial charge in [-0.3, -0.25) is 14.8 Å². The molecule has 138 valence electrons. The van der Waals surface area contributed by atoms with Crippen LogP contribution in [-0.2, 0) is 0 Å². The number of para-hydroxylation sites is 1. The summed E-state index contributed by atoms with van der Waals surface area (Å²) in [6.45, 7) is 1.82. The molecule has 0 spiro atoms. The Bertz CT molecular complexity index is 1630. The van der Waals surface area contributed by atoms with E-state index in [1.807, 2.05) is 61.5 Å². The van der Waals surface area contributed by atoms with E-state index in [4.69, 9.17) is 4.42 Å². The number of hydrogen-bond acceptors (Lipinski definition) is 5. The van der Waals surface area contributed by atoms with E-state index in [-0.39, 0.29) is 5.43 Å². The first-order valence-electron chi connectivity index (χ1n) is 9.26. The van der Waals surface area contributed by atoms with Crippen molar-refractivity contribution in [2.45, 2.75) is 6.92 Å². The Balaban J connectivity index is 1.81. The molecule has 0 unspecified atom stereocenters. The summed E-state index contributed by atoms with van der Waals surface area (Å²) in [5.41, 5.74) is 3.75. The molecule has 0 aliphatic heterocycles. The van der Waals surface area contributed by atoms with Gasteiger partial charge in [-0.2, -0.15) is 9.78 Å². The third-order valence-corrected chi connectivity index (χ3v) is 5.25. The largest absolute Gasteiger partial charge is 0.437 e. The Morgan fingerprint density at radius 3 is 2.62 bits per heavy atom. The Morgan fingerprint density at radius 1 is 0.897 bits per heavy atom. The van der Waals surface area contributed by atoms with Crippen molar-refractivity contribution in [1.82, 2.24) is 19.7 Å². The molecule has 0 saturated heterocycles. The fourth-order valence-electron chi connectivity index (χ4n) is 3.89. The van der Waals surface area contributed by atoms with Crippen molar-refractivity contribution >= 4 is 43.9 Å². The topological polar surface area (TPSA) is 73.8 Å². The number of nitrogens with zero attached hydrogens (tertiary/aromatic N) is 4. The van der Waals surface area contributed by atoms with Crippen molar-refractivity contribution in [2.24, 2.45) is 0 Å². The third kappa shape index (κ3) is 2.17. The van der Waals surface area contributed by atoms with Crippen molar-refractivity contribution < 1.29 is 4.42 Å². The summed E-state index contributed by atoms with van der Waals surface area (Å²) in [6.07, 6.45) is 3.32. The lowest BCUT2D eigenvalue weighted by molar-refractivity contribution is 0.624. The molecule has 4 heterocycles. The minimum atomic E-state index is -0.128. The number of hydrogen-bond donors (Lipinski definition) is 0. The van der Waals surface area contributed by atoms with E-state index in [2.05, 4.69) is 15.1 Å². The van der Waals surface area contributed by atoms with E-state index < -0.39 is 0 Å². The normalized spacial score (nSPS) is 11.8. The van der Waals surface area contributed by atoms with Crippen molar-refractivity contribution in [3.05, 3.63) is 82.9 Å². The molecule has 6 heteroatoms. The van der Waals surface area contributed by atoms with Crippen LogP contribution in [0.25, 0.3) is 49.6 Å². The quantitative estimate of drug-likeness (QED) is 0.393. The van der Waals surface area contributed by atoms with E-state index >= 15 is 0 Å². The van der Waals surface area contributed by atoms with Crippen molar-refractivity contribution in [3.63, 3.8) is 0 Å². The second-order valence-electron chi connectivity index (χ2n) is 6.98. The number of aryl methyl sites for hydroxylation is 1. The van der Waals surface area contributed by atoms with E-state index in [0.29, 0.717) is 33.3 Å². The van der Waals surface area contributed by atoms with Crippen LogP contribution >= 0.6 is 0 Å². The molecule has 0 amide bonds. The highest BCUT2D eigenvalue weighted by atomic mass is 16.3. The maximum absolute atomic E-state index is 13.3. The first-order valence-corrected chi connectivity index (χ1v) is 9.26. The highest BCUT2D eigenvalue weighted by Crippen LogP contribution is 2.30. The molecule has 0 fully saturated rings. The highest BCUT2D eigenvalue weighted by Gasteiger charge is 2.19. The summed E-state index contributed by atoms with van der Waals surface area (Å²) in [5, 5.41) is 7.22. The summed E-state index contributed by atoms with van der Waals surface area (Å²) in [6, 6.07) is 17.4. The van der Waals surface area contributed by atoms with Crippen LogP contribution in [0, 0.1) is 6.92 Å². The molecule has 0 radical (unpaired) electrons. The molecule has 4 aromatic heterocycles. The van der Waals surface area contributed by atoms with Gasteiger partial charge in [0.25, 0.3) is 0 Å². The second-order valence-corrected chi connectivity index (χ2v) is 6.98. The molecular formula is C23H14N4O2. The maximum atomic E-state index is 13.3. The molecule has 0 bridgehead atoms. The fraction of sp³-hybridized carbons (Fsp3) is 0.0435. The van der Waals surface area contributed by atoms with Gasteiger partial charge in [-0.05, 0) is 31.2 Å². The Morgan fingerprint density at radius 2 is 1.76 bits per heavy atom. The lowest BCUT2D eigenvalue weighted by atomic mass is 10.1. The average Bonchev–Trinajstić information content (AvgIpc) is 3.10. The monoisotopic (exact) mass is 378 g/mol. The van der Waals surface area contributed by atoms with Gasteiger partial charge in [0.15, 0.2) is 5.58 Å². The summed E-state index contributed by atoms with van der Waals surface area (Å²) in [4.78, 5) is 22.3. The van der Waals surface area contributed by atoms with E-state index in [1.165, 1.54) is 0 Å². The lowest BCUT2D eigenvalue weighted by Crippen LogP contribution is -2.04. The maximum Gasteiger partial charge on any atom is 0.234 e. The van der Waals surface area contributed by atoms with Gasteiger partial charge >= 0.3 is 0 Å². The first-order chi connectivity index (χ1) is 14.2. The zero-order valence-corrected chi connectivity index (χ0v) is 15.5. The van der Waals surface area contributed by atoms with Gasteiger partial charge in [0, 0.05) is 23.2 Å². The number of benzene rings is 2. The molecule has 0 N–H and O–H groups in total. The molecule has 2 aromatic carbocycles. The van der Waals surface area contributed by atoms with Crippen molar-refractivity contribution in [2.75, 3.05) is 0 Å². The summed E-state index contributed by atoms with van der Waals surface area (Å²) in [5.74, 6) is 0. The van der Waals surface area contributed by atoms with Crippen LogP contribution in [0.3, 0.4) is 0 Å². The van der Waals surface area contributed by atoms with Gasteiger partial charge in [-0.25, -0.2) is 0 Å². The first kappa shape index (κ1) is 15.9. The summed E-state index contributed by atoms with van der Waals surface area (Å²) in [7, 11) is 0. The number of pyridine rings is 2. The van der Waals surface area contributed by atoms with E-state index in [1.54, 1.807) is 17.1 Å². The van der Waals surface area contributed by atoms with Crippen LogP contribution in [0.15, 0.2) is 76.2 Å². The molecule has 29 heavy (non-hydrogen) atoms. The van der Waals surface area contributed by atoms with Gasteiger partial charge in [-0.15, -0.1) is 0 Å². The number of aromatic nitrogens is 4. The number of rotatable bonds is 1. The molecule has 0 aliphatic carbocycles. The highest BCUT2D eigenvalue weighted by molar-refractivity contribution is 6.12. The second kappa shape index (κ2) is 5.72. The van der Waals surface area contributed by atoms with Gasteiger partial charge in [0.1, 0.15) is 10.9 Å². The minimum absolute atomic E-state index is 0.128. The van der Waals surface area contributed by atoms with Crippen LogP contribution in [0.5, 0.6) is 0 Å². The predicted octanol–water partition coefficient (Wildman–Crippen LogP) is 4.54. The van der Waals surface area contributed by atoms with Crippen molar-refractivity contribution in [1.29, 1.82) is 0 Å². The molecule has 0 saturated carbocycles. The Labute approximate surface area is 164 Å². The zero-order chi connectivity index (χ0) is 19.5. The zero-order valence-electron chi connectivity index (χ0n) is 15.5. The van der Waals surface area contributed by atoms with Gasteiger partial charge in [-0.1, -0.05) is 30.3 Å². The fourth-order valence-corrected chi connectivity index (χ4v) is 3.89. The smallest absolute Gasteiger partial charge is 0.234 e. The van der Waals surface area contributed by atoms with Crippen LogP contribution in [0.2, 0.25) is 0 Å². The molecule has 0 atom stereocenters. The van der Waals surface area contributed by atoms with Gasteiger partial charge in [0.05, 0.1) is 22.3 Å². The summed E-state index contributed by atoms with van der Waals surface area (Å²) < 4.78 is 8.01. The minimum Gasteiger partial charge on any atom is -0.437 e. The van der Waals surface area contributed by atoms with Crippen LogP contribution in [0.4, 0.5) is 0 Å². The predicted molar refractivity (Wildman–Crippen MR) is 112 cm³/mol. The molecule has 6 aromatic rings. The van der Waals surface area contributed by atoms with Crippen molar-refractivity contribution in [3.8, 4) is 5.69 Å². The molecule has 0 aliphatic rings. The van der Waals surface area contributed by atoms with E-state index in [9.17, 15) is 4.79 Å². The SMILES string of the molecule is Cc1nn(-c2ccccc2)c2oc3c(cnc4c3ccc3cccnc34)c(=O)c12. The van der Waals surface area contributed by atoms with Gasteiger partial charge in [0.2, 0.25) is 11.1 Å². The Hall–Kier alpha value is -4.06. The van der Waals surface area contributed by atoms with E-state index in [0.717, 1.165) is 22.0 Å². The van der Waals surface area contributed by atoms with Crippen LogP contribution in [0.1, 0.15) is 5.69 Å². The van der Waals surface area contributed by atoms with Gasteiger partial charge < -0.3 is 4.42 Å². The summed E-state index contributed by atoms with van der Waals surface area (Å²) >= 11 is 0. The molecular weight excluding hydrogens is 364 g/mol. The standard InChI is InChI=1S/C23H14N4O2/c1-13-18-21(28)17-12-25-20-16(10-9-14-6-5-11-24-19(14)20)22(17)29-23(18)27(26-13)15-7-3-2-4-8-15/h2-12H,1H3.